The number of nitrogens with one attached hydrogen (secondary N) is 1. The van der Waals surface area contributed by atoms with E-state index in [9.17, 15) is 8.42 Å². The summed E-state index contributed by atoms with van der Waals surface area (Å²) in [6, 6.07) is 6.99. The smallest absolute Gasteiger partial charge is 0.277 e. The van der Waals surface area contributed by atoms with Crippen LogP contribution in [-0.4, -0.2) is 17.0 Å². The Morgan fingerprint density at radius 1 is 1.10 bits per heavy atom. The van der Waals surface area contributed by atoms with Gasteiger partial charge in [0.05, 0.1) is 4.90 Å². The van der Waals surface area contributed by atoms with E-state index in [1.165, 1.54) is 31.4 Å². The molecule has 0 aromatic heterocycles. The zero-order valence-electron chi connectivity index (χ0n) is 10.8. The topological polar surface area (TPSA) is 46.2 Å². The molecule has 2 rings (SSSR count). The molecule has 0 unspecified atom stereocenters. The second kappa shape index (κ2) is 6.42. The summed E-state index contributed by atoms with van der Waals surface area (Å²) >= 11 is 14.0. The minimum atomic E-state index is -3.81. The molecule has 3 nitrogen and oxygen atoms in total. The van der Waals surface area contributed by atoms with Gasteiger partial charge in [0.1, 0.15) is 0 Å². The van der Waals surface area contributed by atoms with E-state index in [0.717, 1.165) is 18.5 Å². The normalized spacial score (nSPS) is 17.9. The fourth-order valence-corrected chi connectivity index (χ4v) is 4.20. The maximum Gasteiger partial charge on any atom is 0.277 e. The average molecular weight is 401 g/mol. The number of anilines is 1. The van der Waals surface area contributed by atoms with Gasteiger partial charge in [0.15, 0.2) is 0 Å². The van der Waals surface area contributed by atoms with Crippen LogP contribution in [0.3, 0.4) is 0 Å². The van der Waals surface area contributed by atoms with Crippen molar-refractivity contribution in [2.24, 2.45) is 0 Å². The minimum absolute atomic E-state index is 0.0913. The lowest BCUT2D eigenvalue weighted by Gasteiger charge is -2.24. The molecule has 0 spiro atoms. The van der Waals surface area contributed by atoms with E-state index in [2.05, 4.69) is 21.2 Å². The van der Waals surface area contributed by atoms with Crippen LogP contribution in [0.4, 0.5) is 5.69 Å². The average Bonchev–Trinajstić information content (AvgIpc) is 2.39. The molecule has 1 N–H and O–H groups in total. The number of halogens is 3. The third-order valence-electron chi connectivity index (χ3n) is 3.45. The largest absolute Gasteiger partial charge is 0.382 e. The molecule has 112 valence electrons. The molecular formula is C13H16BrCl2NO2S. The zero-order valence-corrected chi connectivity index (χ0v) is 14.7. The summed E-state index contributed by atoms with van der Waals surface area (Å²) in [5, 5.41) is 3.43. The van der Waals surface area contributed by atoms with Crippen molar-refractivity contribution in [2.75, 3.05) is 5.32 Å². The Balaban J connectivity index is 2.10. The third-order valence-corrected chi connectivity index (χ3v) is 7.44. The van der Waals surface area contributed by atoms with Gasteiger partial charge < -0.3 is 5.32 Å². The summed E-state index contributed by atoms with van der Waals surface area (Å²) in [7, 11) is -3.81. The molecule has 0 saturated heterocycles. The SMILES string of the molecule is O=S(=O)(c1ccc(NC2CCCCC2)cc1)C(Cl)(Cl)Br. The first-order valence-corrected chi connectivity index (χ1v) is 9.52. The van der Waals surface area contributed by atoms with Crippen LogP contribution in [0.25, 0.3) is 0 Å². The predicted octanol–water partition coefficient (Wildman–Crippen LogP) is 4.69. The summed E-state index contributed by atoms with van der Waals surface area (Å²) in [4.78, 5) is 0.0913. The second-order valence-corrected chi connectivity index (χ2v) is 11.4. The van der Waals surface area contributed by atoms with Crippen LogP contribution in [0.5, 0.6) is 0 Å². The van der Waals surface area contributed by atoms with E-state index in [1.807, 2.05) is 0 Å². The van der Waals surface area contributed by atoms with Crippen LogP contribution in [-0.2, 0) is 9.84 Å². The quantitative estimate of drug-likeness (QED) is 0.745. The van der Waals surface area contributed by atoms with Gasteiger partial charge in [-0.25, -0.2) is 8.42 Å². The van der Waals surface area contributed by atoms with Crippen LogP contribution >= 0.6 is 39.1 Å². The molecule has 1 aromatic rings. The van der Waals surface area contributed by atoms with E-state index in [0.29, 0.717) is 6.04 Å². The second-order valence-electron chi connectivity index (χ2n) is 4.95. The van der Waals surface area contributed by atoms with E-state index in [4.69, 9.17) is 23.2 Å². The Morgan fingerprint density at radius 3 is 2.15 bits per heavy atom. The van der Waals surface area contributed by atoms with Crippen LogP contribution < -0.4 is 5.32 Å². The highest BCUT2D eigenvalue weighted by Crippen LogP contribution is 2.39. The van der Waals surface area contributed by atoms with E-state index in [1.54, 1.807) is 12.1 Å². The molecule has 0 heterocycles. The summed E-state index contributed by atoms with van der Waals surface area (Å²) in [6.07, 6.45) is 6.11. The van der Waals surface area contributed by atoms with Gasteiger partial charge in [-0.05, 0) is 53.0 Å². The highest BCUT2D eigenvalue weighted by atomic mass is 79.9. The van der Waals surface area contributed by atoms with Gasteiger partial charge in [0, 0.05) is 11.7 Å². The molecule has 20 heavy (non-hydrogen) atoms. The van der Waals surface area contributed by atoms with Gasteiger partial charge >= 0.3 is 0 Å². The Morgan fingerprint density at radius 2 is 1.65 bits per heavy atom. The number of sulfone groups is 1. The fraction of sp³-hybridized carbons (Fsp3) is 0.538. The van der Waals surface area contributed by atoms with E-state index in [-0.39, 0.29) is 4.90 Å². The van der Waals surface area contributed by atoms with Gasteiger partial charge in [-0.15, -0.1) is 0 Å². The lowest BCUT2D eigenvalue weighted by molar-refractivity contribution is 0.463. The molecule has 0 aliphatic heterocycles. The van der Waals surface area contributed by atoms with Crippen molar-refractivity contribution in [3.05, 3.63) is 24.3 Å². The molecule has 1 saturated carbocycles. The van der Waals surface area contributed by atoms with Crippen molar-refractivity contribution in [1.82, 2.24) is 0 Å². The van der Waals surface area contributed by atoms with Crippen molar-refractivity contribution in [3.8, 4) is 0 Å². The third kappa shape index (κ3) is 3.81. The number of hydrogen-bond acceptors (Lipinski definition) is 3. The monoisotopic (exact) mass is 399 g/mol. The highest BCUT2D eigenvalue weighted by Gasteiger charge is 2.38. The van der Waals surface area contributed by atoms with Crippen molar-refractivity contribution in [2.45, 2.75) is 45.6 Å². The van der Waals surface area contributed by atoms with Crippen LogP contribution in [0, 0.1) is 0 Å². The molecule has 0 bridgehead atoms. The number of alkyl halides is 3. The maximum absolute atomic E-state index is 12.0. The van der Waals surface area contributed by atoms with Gasteiger partial charge in [0.2, 0.25) is 9.84 Å². The summed E-state index contributed by atoms with van der Waals surface area (Å²) < 4.78 is 22.0. The molecule has 7 heteroatoms. The van der Waals surface area contributed by atoms with Gasteiger partial charge in [-0.2, -0.15) is 0 Å². The van der Waals surface area contributed by atoms with Crippen molar-refractivity contribution in [1.29, 1.82) is 0 Å². The van der Waals surface area contributed by atoms with Crippen molar-refractivity contribution < 1.29 is 8.42 Å². The first-order valence-electron chi connectivity index (χ1n) is 6.49. The van der Waals surface area contributed by atoms with Crippen LogP contribution in [0.2, 0.25) is 0 Å². The zero-order chi connectivity index (χ0) is 14.8. The summed E-state index contributed by atoms with van der Waals surface area (Å²) in [5.41, 5.74) is 0.917. The van der Waals surface area contributed by atoms with Gasteiger partial charge in [-0.3, -0.25) is 0 Å². The number of rotatable bonds is 4. The summed E-state index contributed by atoms with van der Waals surface area (Å²) in [6.45, 7) is 0. The van der Waals surface area contributed by atoms with E-state index < -0.39 is 12.4 Å². The molecule has 1 aromatic carbocycles. The molecule has 0 atom stereocenters. The van der Waals surface area contributed by atoms with Crippen molar-refractivity contribution in [3.63, 3.8) is 0 Å². The lowest BCUT2D eigenvalue weighted by Crippen LogP contribution is -2.22. The molecule has 0 radical (unpaired) electrons. The Bertz CT molecular complexity index is 549. The Labute approximate surface area is 138 Å². The number of hydrogen-bond donors (Lipinski definition) is 1. The standard InChI is InChI=1S/C13H16BrCl2NO2S/c14-13(15,16)20(18,19)12-8-6-11(7-9-12)17-10-4-2-1-3-5-10/h6-10,17H,1-5H2. The Kier molecular flexibility index (Phi) is 5.27. The maximum atomic E-state index is 12.0. The molecule has 1 aliphatic rings. The van der Waals surface area contributed by atoms with Crippen LogP contribution in [0.15, 0.2) is 29.2 Å². The van der Waals surface area contributed by atoms with Gasteiger partial charge in [-0.1, -0.05) is 42.5 Å². The molecule has 0 amide bonds. The predicted molar refractivity (Wildman–Crippen MR) is 87.5 cm³/mol. The number of benzene rings is 1. The Hall–Kier alpha value is 0.0300. The fourth-order valence-electron chi connectivity index (χ4n) is 2.35. The first kappa shape index (κ1) is 16.4. The highest BCUT2D eigenvalue weighted by molar-refractivity contribution is 9.12. The molecule has 1 fully saturated rings. The minimum Gasteiger partial charge on any atom is -0.382 e. The molecule has 1 aliphatic carbocycles. The van der Waals surface area contributed by atoms with Gasteiger partial charge in [0.25, 0.3) is 2.57 Å². The summed E-state index contributed by atoms with van der Waals surface area (Å²) in [5.74, 6) is 0. The van der Waals surface area contributed by atoms with Crippen LogP contribution in [0.1, 0.15) is 32.1 Å². The lowest BCUT2D eigenvalue weighted by atomic mass is 9.95. The van der Waals surface area contributed by atoms with Crippen molar-refractivity contribution >= 4 is 54.7 Å². The molecular weight excluding hydrogens is 385 g/mol. The van der Waals surface area contributed by atoms with E-state index >= 15 is 0 Å². The first-order chi connectivity index (χ1) is 9.30.